The van der Waals surface area contributed by atoms with Crippen molar-refractivity contribution in [2.24, 2.45) is 0 Å². The lowest BCUT2D eigenvalue weighted by molar-refractivity contribution is -0.127. The molecular weight excluding hydrogens is 248 g/mol. The van der Waals surface area contributed by atoms with Gasteiger partial charge in [0.25, 0.3) is 0 Å². The number of carbonyl (C=O) groups is 1. The van der Waals surface area contributed by atoms with Crippen LogP contribution in [0.15, 0.2) is 12.1 Å². The molecule has 1 amide bonds. The molecule has 2 rings (SSSR count). The van der Waals surface area contributed by atoms with E-state index in [4.69, 9.17) is 14.2 Å². The molecule has 0 aromatic heterocycles. The summed E-state index contributed by atoms with van der Waals surface area (Å²) in [7, 11) is 5.05. The molecule has 1 heterocycles. The fourth-order valence-corrected chi connectivity index (χ4v) is 1.76. The van der Waals surface area contributed by atoms with Gasteiger partial charge in [0.15, 0.2) is 11.5 Å². The highest BCUT2D eigenvalue weighted by atomic mass is 16.7. The van der Waals surface area contributed by atoms with Crippen LogP contribution >= 0.6 is 0 Å². The summed E-state index contributed by atoms with van der Waals surface area (Å²) < 4.78 is 15.9. The van der Waals surface area contributed by atoms with E-state index in [-0.39, 0.29) is 12.7 Å². The maximum atomic E-state index is 11.4. The fraction of sp³-hybridized carbons (Fsp3) is 0.462. The molecule has 6 heteroatoms. The number of fused-ring (bicyclic) bond motifs is 1. The Kier molecular flexibility index (Phi) is 4.11. The number of carbonyl (C=O) groups excluding carboxylic acids is 1. The first-order valence-electron chi connectivity index (χ1n) is 5.99. The van der Waals surface area contributed by atoms with Gasteiger partial charge in [0, 0.05) is 20.6 Å². The molecule has 0 bridgehead atoms. The average Bonchev–Trinajstić information content (AvgIpc) is 2.85. The zero-order chi connectivity index (χ0) is 13.8. The number of amides is 1. The van der Waals surface area contributed by atoms with Gasteiger partial charge in [0.1, 0.15) is 0 Å². The van der Waals surface area contributed by atoms with Gasteiger partial charge in [0.05, 0.1) is 13.7 Å². The van der Waals surface area contributed by atoms with E-state index in [1.807, 2.05) is 12.1 Å². The molecule has 0 aliphatic carbocycles. The number of benzene rings is 1. The highest BCUT2D eigenvalue weighted by molar-refractivity contribution is 5.77. The second-order valence-corrected chi connectivity index (χ2v) is 4.42. The van der Waals surface area contributed by atoms with Crippen LogP contribution in [-0.4, -0.2) is 45.3 Å². The molecule has 0 saturated heterocycles. The van der Waals surface area contributed by atoms with Gasteiger partial charge in [-0.3, -0.25) is 4.79 Å². The van der Waals surface area contributed by atoms with Gasteiger partial charge in [0.2, 0.25) is 18.4 Å². The third kappa shape index (κ3) is 3.08. The molecule has 0 radical (unpaired) electrons. The van der Waals surface area contributed by atoms with Crippen LogP contribution in [0.3, 0.4) is 0 Å². The third-order valence-corrected chi connectivity index (χ3v) is 2.82. The first-order valence-corrected chi connectivity index (χ1v) is 5.99. The van der Waals surface area contributed by atoms with Crippen LogP contribution in [0, 0.1) is 0 Å². The number of ether oxygens (including phenoxy) is 3. The minimum atomic E-state index is 0.0349. The first-order chi connectivity index (χ1) is 9.11. The van der Waals surface area contributed by atoms with Crippen LogP contribution in [-0.2, 0) is 11.3 Å². The van der Waals surface area contributed by atoms with E-state index < -0.39 is 0 Å². The summed E-state index contributed by atoms with van der Waals surface area (Å²) >= 11 is 0. The lowest BCUT2D eigenvalue weighted by Gasteiger charge is -2.12. The largest absolute Gasteiger partial charge is 0.493 e. The lowest BCUT2D eigenvalue weighted by atomic mass is 10.2. The molecular formula is C13H18N2O4. The summed E-state index contributed by atoms with van der Waals surface area (Å²) in [6.07, 6.45) is 0. The summed E-state index contributed by atoms with van der Waals surface area (Å²) in [4.78, 5) is 13.0. The van der Waals surface area contributed by atoms with E-state index in [2.05, 4.69) is 5.32 Å². The molecule has 0 saturated carbocycles. The van der Waals surface area contributed by atoms with Crippen molar-refractivity contribution in [1.29, 1.82) is 0 Å². The van der Waals surface area contributed by atoms with Crippen LogP contribution in [0.1, 0.15) is 5.56 Å². The van der Waals surface area contributed by atoms with Crippen molar-refractivity contribution >= 4 is 5.91 Å². The Morgan fingerprint density at radius 2 is 2.21 bits per heavy atom. The Morgan fingerprint density at radius 1 is 1.42 bits per heavy atom. The van der Waals surface area contributed by atoms with Gasteiger partial charge in [-0.2, -0.15) is 0 Å². The maximum Gasteiger partial charge on any atom is 0.236 e. The molecule has 1 aromatic rings. The van der Waals surface area contributed by atoms with Crippen molar-refractivity contribution in [3.05, 3.63) is 17.7 Å². The monoisotopic (exact) mass is 266 g/mol. The predicted molar refractivity (Wildman–Crippen MR) is 69.5 cm³/mol. The van der Waals surface area contributed by atoms with E-state index in [0.29, 0.717) is 30.3 Å². The third-order valence-electron chi connectivity index (χ3n) is 2.82. The van der Waals surface area contributed by atoms with Crippen LogP contribution in [0.25, 0.3) is 0 Å². The molecule has 0 atom stereocenters. The number of rotatable bonds is 5. The minimum Gasteiger partial charge on any atom is -0.493 e. The topological polar surface area (TPSA) is 60.0 Å². The van der Waals surface area contributed by atoms with Crippen molar-refractivity contribution in [2.45, 2.75) is 6.54 Å². The predicted octanol–water partition coefficient (Wildman–Crippen LogP) is 0.602. The molecule has 1 aromatic carbocycles. The Hall–Kier alpha value is -1.95. The van der Waals surface area contributed by atoms with Crippen molar-refractivity contribution < 1.29 is 19.0 Å². The van der Waals surface area contributed by atoms with Gasteiger partial charge in [-0.1, -0.05) is 0 Å². The number of methoxy groups -OCH3 is 1. The standard InChI is InChI=1S/C13H18N2O4/c1-15(2)12(16)7-14-6-9-4-10(17-3)13-11(5-9)18-8-19-13/h4-5,14H,6-8H2,1-3H3. The Bertz CT molecular complexity index is 474. The van der Waals surface area contributed by atoms with Gasteiger partial charge in [-0.05, 0) is 17.7 Å². The molecule has 19 heavy (non-hydrogen) atoms. The van der Waals surface area contributed by atoms with E-state index in [9.17, 15) is 4.79 Å². The highest BCUT2D eigenvalue weighted by Crippen LogP contribution is 2.41. The van der Waals surface area contributed by atoms with E-state index in [1.165, 1.54) is 0 Å². The van der Waals surface area contributed by atoms with Gasteiger partial charge < -0.3 is 24.4 Å². The van der Waals surface area contributed by atoms with Crippen LogP contribution in [0.5, 0.6) is 17.2 Å². The highest BCUT2D eigenvalue weighted by Gasteiger charge is 2.19. The molecule has 1 aliphatic heterocycles. The number of nitrogens with zero attached hydrogens (tertiary/aromatic N) is 1. The molecule has 0 unspecified atom stereocenters. The van der Waals surface area contributed by atoms with Crippen LogP contribution in [0.4, 0.5) is 0 Å². The SMILES string of the molecule is COc1cc(CNCC(=O)N(C)C)cc2c1OCO2. The number of nitrogens with one attached hydrogen (secondary N) is 1. The molecule has 0 spiro atoms. The second-order valence-electron chi connectivity index (χ2n) is 4.42. The molecule has 1 N–H and O–H groups in total. The zero-order valence-corrected chi connectivity index (χ0v) is 11.4. The zero-order valence-electron chi connectivity index (χ0n) is 11.4. The van der Waals surface area contributed by atoms with Gasteiger partial charge in [-0.25, -0.2) is 0 Å². The Labute approximate surface area is 112 Å². The summed E-state index contributed by atoms with van der Waals surface area (Å²) in [6.45, 7) is 1.07. The van der Waals surface area contributed by atoms with Crippen LogP contribution < -0.4 is 19.5 Å². The normalized spacial score (nSPS) is 12.4. The van der Waals surface area contributed by atoms with Crippen molar-refractivity contribution in [3.63, 3.8) is 0 Å². The van der Waals surface area contributed by atoms with Gasteiger partial charge in [-0.15, -0.1) is 0 Å². The molecule has 6 nitrogen and oxygen atoms in total. The molecule has 0 fully saturated rings. The summed E-state index contributed by atoms with van der Waals surface area (Å²) in [6, 6.07) is 3.76. The molecule has 1 aliphatic rings. The van der Waals surface area contributed by atoms with Gasteiger partial charge >= 0.3 is 0 Å². The maximum absolute atomic E-state index is 11.4. The number of likely N-dealkylation sites (N-methyl/N-ethyl adjacent to an activating group) is 1. The summed E-state index contributed by atoms with van der Waals surface area (Å²) in [5.74, 6) is 1.99. The number of hydrogen-bond donors (Lipinski definition) is 1. The number of hydrogen-bond acceptors (Lipinski definition) is 5. The summed E-state index contributed by atoms with van der Waals surface area (Å²) in [5.41, 5.74) is 0.979. The summed E-state index contributed by atoms with van der Waals surface area (Å²) in [5, 5.41) is 3.08. The quantitative estimate of drug-likeness (QED) is 0.845. The van der Waals surface area contributed by atoms with E-state index in [1.54, 1.807) is 26.1 Å². The molecule has 104 valence electrons. The Morgan fingerprint density at radius 3 is 2.89 bits per heavy atom. The second kappa shape index (κ2) is 5.79. The smallest absolute Gasteiger partial charge is 0.236 e. The van der Waals surface area contributed by atoms with Crippen molar-refractivity contribution in [1.82, 2.24) is 10.2 Å². The first kappa shape index (κ1) is 13.5. The minimum absolute atomic E-state index is 0.0349. The Balaban J connectivity index is 2.00. The lowest BCUT2D eigenvalue weighted by Crippen LogP contribution is -2.32. The van der Waals surface area contributed by atoms with E-state index in [0.717, 1.165) is 5.56 Å². The van der Waals surface area contributed by atoms with Crippen molar-refractivity contribution in [3.8, 4) is 17.2 Å². The van der Waals surface area contributed by atoms with Crippen LogP contribution in [0.2, 0.25) is 0 Å². The average molecular weight is 266 g/mol. The van der Waals surface area contributed by atoms with Crippen molar-refractivity contribution in [2.75, 3.05) is 34.5 Å². The van der Waals surface area contributed by atoms with E-state index >= 15 is 0 Å². The fourth-order valence-electron chi connectivity index (χ4n) is 1.76.